The molecule has 0 bridgehead atoms. The Balaban J connectivity index is 2.80. The van der Waals surface area contributed by atoms with Gasteiger partial charge in [-0.25, -0.2) is 0 Å². The zero-order chi connectivity index (χ0) is 13.0. The lowest BCUT2D eigenvalue weighted by Gasteiger charge is -2.20. The molecule has 4 heteroatoms. The van der Waals surface area contributed by atoms with Crippen LogP contribution in [0.1, 0.15) is 24.2 Å². The molecule has 0 aromatic heterocycles. The van der Waals surface area contributed by atoms with Gasteiger partial charge in [-0.1, -0.05) is 11.6 Å². The number of carbonyl (C=O) groups excluding carboxylic acids is 1. The van der Waals surface area contributed by atoms with Crippen LogP contribution in [0.2, 0.25) is 5.02 Å². The van der Waals surface area contributed by atoms with Gasteiger partial charge in [0, 0.05) is 11.6 Å². The number of hydrogen-bond donors (Lipinski definition) is 0. The highest BCUT2D eigenvalue weighted by Gasteiger charge is 2.13. The maximum absolute atomic E-state index is 12.0. The first-order chi connectivity index (χ1) is 7.95. The Bertz CT molecular complexity index is 404. The highest BCUT2D eigenvalue weighted by molar-refractivity contribution is 6.32. The maximum Gasteiger partial charge on any atom is 0.176 e. The van der Waals surface area contributed by atoms with Crippen LogP contribution in [-0.4, -0.2) is 37.4 Å². The molecular formula is C13H18ClNO2. The second-order valence-electron chi connectivity index (χ2n) is 4.28. The molecule has 3 nitrogen and oxygen atoms in total. The highest BCUT2D eigenvalue weighted by atomic mass is 35.5. The number of hydrogen-bond acceptors (Lipinski definition) is 3. The van der Waals surface area contributed by atoms with Crippen molar-refractivity contribution in [3.05, 3.63) is 28.8 Å². The van der Waals surface area contributed by atoms with Crippen molar-refractivity contribution >= 4 is 17.4 Å². The molecule has 0 spiro atoms. The van der Waals surface area contributed by atoms with Gasteiger partial charge in [-0.15, -0.1) is 0 Å². The summed E-state index contributed by atoms with van der Waals surface area (Å²) in [5.74, 6) is 0.645. The standard InChI is InChI=1S/C13H18ClNO2/c1-9(2)15(3)8-12(16)10-5-6-13(17-4)11(14)7-10/h5-7,9H,8H2,1-4H3. The number of halogens is 1. The van der Waals surface area contributed by atoms with E-state index < -0.39 is 0 Å². The van der Waals surface area contributed by atoms with Crippen LogP contribution in [0.15, 0.2) is 18.2 Å². The van der Waals surface area contributed by atoms with E-state index in [1.54, 1.807) is 25.3 Å². The molecule has 0 atom stereocenters. The Kier molecular flexibility index (Phi) is 4.97. The molecular weight excluding hydrogens is 238 g/mol. The number of likely N-dealkylation sites (N-methyl/N-ethyl adjacent to an activating group) is 1. The van der Waals surface area contributed by atoms with Crippen molar-refractivity contribution in [1.29, 1.82) is 0 Å². The Hall–Kier alpha value is -1.06. The highest BCUT2D eigenvalue weighted by Crippen LogP contribution is 2.25. The van der Waals surface area contributed by atoms with Crippen LogP contribution in [0.25, 0.3) is 0 Å². The monoisotopic (exact) mass is 255 g/mol. The van der Waals surface area contributed by atoms with Gasteiger partial charge in [-0.3, -0.25) is 9.69 Å². The lowest BCUT2D eigenvalue weighted by Crippen LogP contribution is -2.31. The molecule has 1 aromatic rings. The minimum absolute atomic E-state index is 0.0609. The van der Waals surface area contributed by atoms with Crippen LogP contribution in [0.5, 0.6) is 5.75 Å². The zero-order valence-corrected chi connectivity index (χ0v) is 11.4. The Morgan fingerprint density at radius 2 is 2.12 bits per heavy atom. The van der Waals surface area contributed by atoms with Gasteiger partial charge in [0.25, 0.3) is 0 Å². The summed E-state index contributed by atoms with van der Waals surface area (Å²) >= 11 is 5.98. The smallest absolute Gasteiger partial charge is 0.176 e. The number of ether oxygens (including phenoxy) is 1. The molecule has 0 unspecified atom stereocenters. The molecule has 0 N–H and O–H groups in total. The number of methoxy groups -OCH3 is 1. The van der Waals surface area contributed by atoms with Crippen molar-refractivity contribution in [1.82, 2.24) is 4.90 Å². The molecule has 17 heavy (non-hydrogen) atoms. The first kappa shape index (κ1) is 14.0. The van der Waals surface area contributed by atoms with Crippen molar-refractivity contribution in [3.63, 3.8) is 0 Å². The fourth-order valence-corrected chi connectivity index (χ4v) is 1.60. The van der Waals surface area contributed by atoms with Crippen molar-refractivity contribution < 1.29 is 9.53 Å². The third-order valence-electron chi connectivity index (χ3n) is 2.75. The summed E-state index contributed by atoms with van der Waals surface area (Å²) in [6.45, 7) is 4.49. The normalized spacial score (nSPS) is 11.0. The number of benzene rings is 1. The molecule has 0 aliphatic carbocycles. The van der Waals surface area contributed by atoms with Crippen LogP contribution < -0.4 is 4.74 Å². The van der Waals surface area contributed by atoms with Crippen LogP contribution in [0.4, 0.5) is 0 Å². The van der Waals surface area contributed by atoms with Gasteiger partial charge < -0.3 is 4.74 Å². The van der Waals surface area contributed by atoms with E-state index in [-0.39, 0.29) is 5.78 Å². The van der Waals surface area contributed by atoms with Gasteiger partial charge in [0.15, 0.2) is 5.78 Å². The number of carbonyl (C=O) groups is 1. The van der Waals surface area contributed by atoms with Crippen LogP contribution in [-0.2, 0) is 0 Å². The second-order valence-corrected chi connectivity index (χ2v) is 4.69. The van der Waals surface area contributed by atoms with Crippen molar-refractivity contribution in [2.45, 2.75) is 19.9 Å². The average Bonchev–Trinajstić information content (AvgIpc) is 2.28. The maximum atomic E-state index is 12.0. The van der Waals surface area contributed by atoms with E-state index in [0.717, 1.165) is 0 Å². The first-order valence-electron chi connectivity index (χ1n) is 5.52. The van der Waals surface area contributed by atoms with Crippen molar-refractivity contribution in [3.8, 4) is 5.75 Å². The third-order valence-corrected chi connectivity index (χ3v) is 3.04. The van der Waals surface area contributed by atoms with Gasteiger partial charge >= 0.3 is 0 Å². The van der Waals surface area contributed by atoms with E-state index in [2.05, 4.69) is 0 Å². The molecule has 0 fully saturated rings. The summed E-state index contributed by atoms with van der Waals surface area (Å²) in [4.78, 5) is 14.0. The van der Waals surface area contributed by atoms with E-state index in [1.807, 2.05) is 25.8 Å². The Morgan fingerprint density at radius 1 is 1.47 bits per heavy atom. The van der Waals surface area contributed by atoms with E-state index in [4.69, 9.17) is 16.3 Å². The second kappa shape index (κ2) is 6.03. The largest absolute Gasteiger partial charge is 0.495 e. The Labute approximate surface area is 107 Å². The number of ketones is 1. The zero-order valence-electron chi connectivity index (χ0n) is 10.7. The predicted octanol–water partition coefficient (Wildman–Crippen LogP) is 2.87. The van der Waals surface area contributed by atoms with Crippen molar-refractivity contribution in [2.24, 2.45) is 0 Å². The predicted molar refractivity (Wildman–Crippen MR) is 70.1 cm³/mol. The van der Waals surface area contributed by atoms with Gasteiger partial charge in [0.05, 0.1) is 18.7 Å². The summed E-state index contributed by atoms with van der Waals surface area (Å²) in [6, 6.07) is 5.44. The van der Waals surface area contributed by atoms with Crippen molar-refractivity contribution in [2.75, 3.05) is 20.7 Å². The van der Waals surface area contributed by atoms with E-state index in [1.165, 1.54) is 0 Å². The topological polar surface area (TPSA) is 29.5 Å². The van der Waals surface area contributed by atoms with Gasteiger partial charge in [-0.2, -0.15) is 0 Å². The number of rotatable bonds is 5. The number of nitrogens with zero attached hydrogens (tertiary/aromatic N) is 1. The fraction of sp³-hybridized carbons (Fsp3) is 0.462. The summed E-state index contributed by atoms with van der Waals surface area (Å²) < 4.78 is 5.05. The fourth-order valence-electron chi connectivity index (χ4n) is 1.34. The summed E-state index contributed by atoms with van der Waals surface area (Å²) in [5, 5.41) is 0.463. The first-order valence-corrected chi connectivity index (χ1v) is 5.90. The average molecular weight is 256 g/mol. The van der Waals surface area contributed by atoms with Gasteiger partial charge in [0.1, 0.15) is 5.75 Å². The van der Waals surface area contributed by atoms with Crippen LogP contribution in [0, 0.1) is 0 Å². The van der Waals surface area contributed by atoms with E-state index in [0.29, 0.717) is 28.9 Å². The summed E-state index contributed by atoms with van der Waals surface area (Å²) in [5.41, 5.74) is 0.614. The molecule has 0 saturated carbocycles. The summed E-state index contributed by atoms with van der Waals surface area (Å²) in [6.07, 6.45) is 0. The van der Waals surface area contributed by atoms with Crippen LogP contribution >= 0.6 is 11.6 Å². The molecule has 1 aromatic carbocycles. The molecule has 0 aliphatic heterocycles. The molecule has 0 saturated heterocycles. The van der Waals surface area contributed by atoms with Crippen LogP contribution in [0.3, 0.4) is 0 Å². The lowest BCUT2D eigenvalue weighted by molar-refractivity contribution is 0.0929. The lowest BCUT2D eigenvalue weighted by atomic mass is 10.1. The SMILES string of the molecule is COc1ccc(C(=O)CN(C)C(C)C)cc1Cl. The Morgan fingerprint density at radius 3 is 2.59 bits per heavy atom. The van der Waals surface area contributed by atoms with Gasteiger partial charge in [0.2, 0.25) is 0 Å². The molecule has 0 amide bonds. The third kappa shape index (κ3) is 3.72. The minimum atomic E-state index is 0.0609. The molecule has 0 radical (unpaired) electrons. The minimum Gasteiger partial charge on any atom is -0.495 e. The summed E-state index contributed by atoms with van der Waals surface area (Å²) in [7, 11) is 3.48. The molecule has 0 aliphatic rings. The molecule has 1 rings (SSSR count). The quantitative estimate of drug-likeness (QED) is 0.758. The van der Waals surface area contributed by atoms with E-state index in [9.17, 15) is 4.79 Å². The molecule has 0 heterocycles. The molecule has 94 valence electrons. The van der Waals surface area contributed by atoms with E-state index >= 15 is 0 Å². The number of Topliss-reactive ketones (excluding diaryl/α,β-unsaturated/α-hetero) is 1. The van der Waals surface area contributed by atoms with Gasteiger partial charge in [-0.05, 0) is 39.1 Å².